The van der Waals surface area contributed by atoms with E-state index in [9.17, 15) is 15.3 Å². The Labute approximate surface area is 211 Å². The van der Waals surface area contributed by atoms with Crippen LogP contribution in [0.25, 0.3) is 11.1 Å². The summed E-state index contributed by atoms with van der Waals surface area (Å²) in [6, 6.07) is 19.4. The molecular formula is C32H42O3. The minimum Gasteiger partial charge on any atom is -0.392 e. The molecule has 0 aliphatic heterocycles. The van der Waals surface area contributed by atoms with Crippen molar-refractivity contribution in [1.82, 2.24) is 0 Å². The summed E-state index contributed by atoms with van der Waals surface area (Å²) in [6.07, 6.45) is 6.23. The van der Waals surface area contributed by atoms with Crippen molar-refractivity contribution in [2.75, 3.05) is 0 Å². The van der Waals surface area contributed by atoms with Gasteiger partial charge in [0.2, 0.25) is 0 Å². The van der Waals surface area contributed by atoms with E-state index in [2.05, 4.69) is 64.1 Å². The van der Waals surface area contributed by atoms with Crippen molar-refractivity contribution in [1.29, 1.82) is 0 Å². The predicted molar refractivity (Wildman–Crippen MR) is 145 cm³/mol. The molecule has 3 nitrogen and oxygen atoms in total. The van der Waals surface area contributed by atoms with Gasteiger partial charge in [-0.3, -0.25) is 0 Å². The van der Waals surface area contributed by atoms with E-state index in [1.165, 1.54) is 33.4 Å². The summed E-state index contributed by atoms with van der Waals surface area (Å²) >= 11 is 0. The Morgan fingerprint density at radius 1 is 0.600 bits per heavy atom. The van der Waals surface area contributed by atoms with E-state index in [1.807, 2.05) is 18.2 Å². The van der Waals surface area contributed by atoms with Crippen LogP contribution < -0.4 is 0 Å². The maximum absolute atomic E-state index is 11.1. The molecule has 0 radical (unpaired) electrons. The fraction of sp³-hybridized carbons (Fsp3) is 0.438. The summed E-state index contributed by atoms with van der Waals surface area (Å²) in [5.41, 5.74) is 9.53. The number of aliphatic hydroxyl groups is 3. The fourth-order valence-corrected chi connectivity index (χ4v) is 5.04. The van der Waals surface area contributed by atoms with E-state index in [1.54, 1.807) is 0 Å². The summed E-state index contributed by atoms with van der Waals surface area (Å²) in [4.78, 5) is 0. The number of benzene rings is 3. The summed E-state index contributed by atoms with van der Waals surface area (Å²) in [5, 5.41) is 30.2. The molecule has 188 valence electrons. The van der Waals surface area contributed by atoms with Crippen molar-refractivity contribution >= 4 is 0 Å². The summed E-state index contributed by atoms with van der Waals surface area (Å²) in [7, 11) is 0. The lowest BCUT2D eigenvalue weighted by Gasteiger charge is -2.27. The van der Waals surface area contributed by atoms with E-state index in [4.69, 9.17) is 0 Å². The van der Waals surface area contributed by atoms with E-state index in [-0.39, 0.29) is 13.2 Å². The van der Waals surface area contributed by atoms with Crippen LogP contribution in [0, 0.1) is 0 Å². The lowest BCUT2D eigenvalue weighted by atomic mass is 9.83. The van der Waals surface area contributed by atoms with Gasteiger partial charge in [0.15, 0.2) is 0 Å². The highest BCUT2D eigenvalue weighted by Crippen LogP contribution is 2.35. The van der Waals surface area contributed by atoms with Crippen molar-refractivity contribution in [3.05, 3.63) is 93.5 Å². The van der Waals surface area contributed by atoms with Gasteiger partial charge in [0.25, 0.3) is 0 Å². The maximum Gasteiger partial charge on any atom is 0.0891 e. The van der Waals surface area contributed by atoms with Gasteiger partial charge in [0.1, 0.15) is 0 Å². The van der Waals surface area contributed by atoms with Crippen LogP contribution >= 0.6 is 0 Å². The number of rotatable bonds is 12. The van der Waals surface area contributed by atoms with Gasteiger partial charge >= 0.3 is 0 Å². The largest absolute Gasteiger partial charge is 0.392 e. The molecule has 3 rings (SSSR count). The molecule has 35 heavy (non-hydrogen) atoms. The normalized spacial score (nSPS) is 11.7. The molecule has 3 aromatic rings. The van der Waals surface area contributed by atoms with Crippen molar-refractivity contribution in [3.63, 3.8) is 0 Å². The fourth-order valence-electron chi connectivity index (χ4n) is 5.04. The maximum atomic E-state index is 11.1. The van der Waals surface area contributed by atoms with Gasteiger partial charge in [-0.05, 0) is 88.6 Å². The zero-order chi connectivity index (χ0) is 25.4. The summed E-state index contributed by atoms with van der Waals surface area (Å²) in [6.45, 7) is 8.42. The molecule has 0 aliphatic rings. The van der Waals surface area contributed by atoms with E-state index in [0.29, 0.717) is 12.8 Å². The third-order valence-electron chi connectivity index (χ3n) is 7.49. The minimum absolute atomic E-state index is 0.0508. The molecule has 0 saturated heterocycles. The van der Waals surface area contributed by atoms with Gasteiger partial charge in [-0.1, -0.05) is 88.7 Å². The Morgan fingerprint density at radius 3 is 1.80 bits per heavy atom. The van der Waals surface area contributed by atoms with Crippen LogP contribution in [0.5, 0.6) is 0 Å². The first-order valence-corrected chi connectivity index (χ1v) is 13.2. The molecule has 0 saturated carbocycles. The van der Waals surface area contributed by atoms with Crippen molar-refractivity contribution in [2.24, 2.45) is 0 Å². The Hall–Kier alpha value is -2.46. The summed E-state index contributed by atoms with van der Waals surface area (Å²) < 4.78 is 0. The average Bonchev–Trinajstić information content (AvgIpc) is 2.91. The molecule has 3 aromatic carbocycles. The predicted octanol–water partition coefficient (Wildman–Crippen LogP) is 6.65. The van der Waals surface area contributed by atoms with Crippen LogP contribution in [-0.2, 0) is 44.5 Å². The van der Waals surface area contributed by atoms with Crippen molar-refractivity contribution in [2.45, 2.75) is 91.5 Å². The molecule has 3 N–H and O–H groups in total. The Balaban J connectivity index is 1.95. The molecule has 0 heterocycles. The smallest absolute Gasteiger partial charge is 0.0891 e. The number of hydrogen-bond acceptors (Lipinski definition) is 3. The Kier molecular flexibility index (Phi) is 9.68. The van der Waals surface area contributed by atoms with Gasteiger partial charge in [0, 0.05) is 0 Å². The molecule has 0 amide bonds. The third-order valence-corrected chi connectivity index (χ3v) is 7.49. The first-order chi connectivity index (χ1) is 16.9. The van der Waals surface area contributed by atoms with E-state index >= 15 is 0 Å². The molecule has 0 atom stereocenters. The van der Waals surface area contributed by atoms with Crippen molar-refractivity contribution < 1.29 is 15.3 Å². The number of aryl methyl sites for hydroxylation is 4. The quantitative estimate of drug-likeness (QED) is 0.275. The van der Waals surface area contributed by atoms with Gasteiger partial charge in [-0.15, -0.1) is 0 Å². The third kappa shape index (κ3) is 6.22. The highest BCUT2D eigenvalue weighted by molar-refractivity contribution is 5.72. The van der Waals surface area contributed by atoms with E-state index in [0.717, 1.165) is 48.8 Å². The SMILES string of the molecule is CCCc1cc(C(O)(CC)CC)ccc1-c1cc(CCc2ccc(CO)c(CO)c2)ccc1CC. The minimum atomic E-state index is -0.768. The monoisotopic (exact) mass is 474 g/mol. The molecule has 0 unspecified atom stereocenters. The molecule has 0 fully saturated rings. The molecule has 0 aromatic heterocycles. The zero-order valence-electron chi connectivity index (χ0n) is 21.9. The second-order valence-electron chi connectivity index (χ2n) is 9.62. The van der Waals surface area contributed by atoms with Gasteiger partial charge in [-0.2, -0.15) is 0 Å². The van der Waals surface area contributed by atoms with E-state index < -0.39 is 5.60 Å². The van der Waals surface area contributed by atoms with Crippen LogP contribution in [0.4, 0.5) is 0 Å². The number of aliphatic hydroxyl groups excluding tert-OH is 2. The van der Waals surface area contributed by atoms with Crippen LogP contribution in [0.2, 0.25) is 0 Å². The molecule has 3 heteroatoms. The topological polar surface area (TPSA) is 60.7 Å². The lowest BCUT2D eigenvalue weighted by Crippen LogP contribution is -2.23. The molecular weight excluding hydrogens is 432 g/mol. The highest BCUT2D eigenvalue weighted by Gasteiger charge is 2.25. The van der Waals surface area contributed by atoms with Crippen molar-refractivity contribution in [3.8, 4) is 11.1 Å². The zero-order valence-corrected chi connectivity index (χ0v) is 21.9. The molecule has 0 spiro atoms. The summed E-state index contributed by atoms with van der Waals surface area (Å²) in [5.74, 6) is 0. The highest BCUT2D eigenvalue weighted by atomic mass is 16.3. The lowest BCUT2D eigenvalue weighted by molar-refractivity contribution is 0.0283. The Morgan fingerprint density at radius 2 is 1.23 bits per heavy atom. The second kappa shape index (κ2) is 12.5. The van der Waals surface area contributed by atoms with Gasteiger partial charge in [-0.25, -0.2) is 0 Å². The Bertz CT molecular complexity index is 1110. The second-order valence-corrected chi connectivity index (χ2v) is 9.62. The standard InChI is InChI=1S/C32H42O3/c1-5-9-26-20-29(32(35,7-3)8-4)16-17-30(26)31-19-24(12-14-25(31)6-2)11-10-23-13-15-27(21-33)28(18-23)22-34/h12-20,33-35H,5-11,21-22H2,1-4H3. The van der Waals surface area contributed by atoms with Crippen LogP contribution in [0.1, 0.15) is 85.9 Å². The van der Waals surface area contributed by atoms with Gasteiger partial charge < -0.3 is 15.3 Å². The molecule has 0 aliphatic carbocycles. The average molecular weight is 475 g/mol. The van der Waals surface area contributed by atoms with Crippen LogP contribution in [0.15, 0.2) is 54.6 Å². The first kappa shape index (κ1) is 27.1. The molecule has 0 bridgehead atoms. The van der Waals surface area contributed by atoms with Crippen LogP contribution in [-0.4, -0.2) is 15.3 Å². The number of hydrogen-bond donors (Lipinski definition) is 3. The van der Waals surface area contributed by atoms with Crippen LogP contribution in [0.3, 0.4) is 0 Å². The van der Waals surface area contributed by atoms with Gasteiger partial charge in [0.05, 0.1) is 18.8 Å². The first-order valence-electron chi connectivity index (χ1n) is 13.2.